The van der Waals surface area contributed by atoms with E-state index in [0.717, 1.165) is 38.5 Å². The number of fused-ring (bicyclic) bond motifs is 5. The fourth-order valence-corrected chi connectivity index (χ4v) is 7.05. The van der Waals surface area contributed by atoms with Gasteiger partial charge in [-0.15, -0.1) is 0 Å². The van der Waals surface area contributed by atoms with Crippen molar-refractivity contribution in [3.05, 3.63) is 59.5 Å². The van der Waals surface area contributed by atoms with E-state index in [1.54, 1.807) is 6.07 Å². The maximum absolute atomic E-state index is 13.2. The van der Waals surface area contributed by atoms with Crippen molar-refractivity contribution in [3.63, 3.8) is 0 Å². The van der Waals surface area contributed by atoms with Crippen molar-refractivity contribution < 1.29 is 14.0 Å². The standard InChI is InChI=1S/C27H31FN2O2/c1-27-15-14-20-19-8-3-2-6-17(19)12-13-21(20)26(27)18(16-22(27)31)7-4-11-25(32)30-24-10-5-9-23(28)29-24/h2-3,5-6,8-10,18,20-21,26H,4,7,11-16H2,1H3,(H,29,30,32)/t18-,20?,21?,26?,27-/m1/s1. The fourth-order valence-electron chi connectivity index (χ4n) is 7.05. The predicted molar refractivity (Wildman–Crippen MR) is 122 cm³/mol. The largest absolute Gasteiger partial charge is 0.311 e. The Hall–Kier alpha value is -2.56. The number of amides is 1. The normalized spacial score (nSPS) is 30.9. The Kier molecular flexibility index (Phi) is 5.60. The molecule has 2 saturated carbocycles. The molecule has 0 saturated heterocycles. The van der Waals surface area contributed by atoms with Crippen molar-refractivity contribution in [1.29, 1.82) is 0 Å². The highest BCUT2D eigenvalue weighted by molar-refractivity contribution is 5.89. The number of aryl methyl sites for hydroxylation is 1. The number of anilines is 1. The first-order chi connectivity index (χ1) is 15.5. The molecule has 1 amide bonds. The Morgan fingerprint density at radius 1 is 1.19 bits per heavy atom. The summed E-state index contributed by atoms with van der Waals surface area (Å²) in [6.45, 7) is 2.21. The number of hydrogen-bond acceptors (Lipinski definition) is 3. The summed E-state index contributed by atoms with van der Waals surface area (Å²) in [4.78, 5) is 29.1. The molecule has 32 heavy (non-hydrogen) atoms. The number of halogens is 1. The van der Waals surface area contributed by atoms with E-state index in [1.807, 2.05) is 0 Å². The third-order valence-electron chi connectivity index (χ3n) is 8.44. The van der Waals surface area contributed by atoms with E-state index in [1.165, 1.54) is 23.3 Å². The van der Waals surface area contributed by atoms with Gasteiger partial charge >= 0.3 is 0 Å². The molecule has 1 heterocycles. The highest BCUT2D eigenvalue weighted by Crippen LogP contribution is 2.62. The van der Waals surface area contributed by atoms with Gasteiger partial charge < -0.3 is 5.32 Å². The summed E-state index contributed by atoms with van der Waals surface area (Å²) in [7, 11) is 0. The summed E-state index contributed by atoms with van der Waals surface area (Å²) in [5, 5.41) is 2.68. The molecule has 1 N–H and O–H groups in total. The third-order valence-corrected chi connectivity index (χ3v) is 8.44. The monoisotopic (exact) mass is 434 g/mol. The lowest BCUT2D eigenvalue weighted by atomic mass is 9.54. The number of carbonyl (C=O) groups is 2. The van der Waals surface area contributed by atoms with Crippen LogP contribution >= 0.6 is 0 Å². The van der Waals surface area contributed by atoms with Crippen LogP contribution in [0.2, 0.25) is 0 Å². The number of hydrogen-bond donors (Lipinski definition) is 1. The minimum Gasteiger partial charge on any atom is -0.311 e. The van der Waals surface area contributed by atoms with Gasteiger partial charge in [-0.25, -0.2) is 4.98 Å². The summed E-state index contributed by atoms with van der Waals surface area (Å²) >= 11 is 0. The summed E-state index contributed by atoms with van der Waals surface area (Å²) in [5.74, 6) is 1.81. The van der Waals surface area contributed by atoms with Crippen LogP contribution in [-0.4, -0.2) is 16.7 Å². The Labute approximate surface area is 189 Å². The molecular formula is C27H31FN2O2. The highest BCUT2D eigenvalue weighted by atomic mass is 19.1. The quantitative estimate of drug-likeness (QED) is 0.616. The first kappa shape index (κ1) is 21.3. The van der Waals surface area contributed by atoms with Crippen LogP contribution in [0.3, 0.4) is 0 Å². The first-order valence-electron chi connectivity index (χ1n) is 12.0. The third kappa shape index (κ3) is 3.76. The number of ketones is 1. The predicted octanol–water partition coefficient (Wildman–Crippen LogP) is 5.68. The average molecular weight is 435 g/mol. The van der Waals surface area contributed by atoms with Crippen LogP contribution in [0.1, 0.15) is 68.9 Å². The molecule has 5 heteroatoms. The molecule has 1 aromatic heterocycles. The lowest BCUT2D eigenvalue weighted by Gasteiger charge is -2.50. The number of pyridine rings is 1. The van der Waals surface area contributed by atoms with E-state index in [4.69, 9.17) is 0 Å². The summed E-state index contributed by atoms with van der Waals surface area (Å²) in [6, 6.07) is 13.2. The first-order valence-corrected chi connectivity index (χ1v) is 12.0. The highest BCUT2D eigenvalue weighted by Gasteiger charge is 2.58. The molecule has 0 radical (unpaired) electrons. The zero-order chi connectivity index (χ0) is 22.3. The SMILES string of the molecule is C[C@]12CCC3c4ccccc4CCC3C1[C@H](CCCC(=O)Nc1cccc(F)n1)CC2=O. The second-order valence-corrected chi connectivity index (χ2v) is 10.2. The van der Waals surface area contributed by atoms with Crippen molar-refractivity contribution in [2.45, 2.75) is 64.2 Å². The van der Waals surface area contributed by atoms with Crippen LogP contribution in [0.4, 0.5) is 10.2 Å². The van der Waals surface area contributed by atoms with Crippen molar-refractivity contribution >= 4 is 17.5 Å². The van der Waals surface area contributed by atoms with Crippen LogP contribution < -0.4 is 5.32 Å². The summed E-state index contributed by atoms with van der Waals surface area (Å²) < 4.78 is 13.2. The summed E-state index contributed by atoms with van der Waals surface area (Å²) in [5.41, 5.74) is 2.79. The molecular weight excluding hydrogens is 403 g/mol. The van der Waals surface area contributed by atoms with Gasteiger partial charge in [0.05, 0.1) is 0 Å². The van der Waals surface area contributed by atoms with Crippen LogP contribution in [-0.2, 0) is 16.0 Å². The molecule has 2 fully saturated rings. The second kappa shape index (κ2) is 8.42. The molecule has 0 aliphatic heterocycles. The van der Waals surface area contributed by atoms with Gasteiger partial charge in [0, 0.05) is 18.3 Å². The second-order valence-electron chi connectivity index (χ2n) is 10.2. The molecule has 3 aliphatic carbocycles. The number of nitrogens with zero attached hydrogens (tertiary/aromatic N) is 1. The van der Waals surface area contributed by atoms with Crippen LogP contribution in [0.25, 0.3) is 0 Å². The van der Waals surface area contributed by atoms with Crippen molar-refractivity contribution in [2.75, 3.05) is 5.32 Å². The van der Waals surface area contributed by atoms with Gasteiger partial charge in [0.25, 0.3) is 0 Å². The smallest absolute Gasteiger partial charge is 0.225 e. The minimum absolute atomic E-state index is 0.150. The molecule has 4 nitrogen and oxygen atoms in total. The van der Waals surface area contributed by atoms with Crippen molar-refractivity contribution in [1.82, 2.24) is 4.98 Å². The maximum atomic E-state index is 13.2. The van der Waals surface area contributed by atoms with Crippen molar-refractivity contribution in [3.8, 4) is 0 Å². The van der Waals surface area contributed by atoms with E-state index in [9.17, 15) is 14.0 Å². The number of rotatable bonds is 5. The Morgan fingerprint density at radius 2 is 2.03 bits per heavy atom. The van der Waals surface area contributed by atoms with Crippen LogP contribution in [0.5, 0.6) is 0 Å². The average Bonchev–Trinajstić information content (AvgIpc) is 3.03. The number of benzene rings is 1. The van der Waals surface area contributed by atoms with E-state index >= 15 is 0 Å². The number of carbonyl (C=O) groups excluding carboxylic acids is 2. The van der Waals surface area contributed by atoms with E-state index in [0.29, 0.717) is 42.3 Å². The van der Waals surface area contributed by atoms with Gasteiger partial charge in [-0.2, -0.15) is 4.39 Å². The Morgan fingerprint density at radius 3 is 2.88 bits per heavy atom. The van der Waals surface area contributed by atoms with Gasteiger partial charge in [-0.3, -0.25) is 9.59 Å². The molecule has 0 spiro atoms. The molecule has 5 rings (SSSR count). The van der Waals surface area contributed by atoms with Crippen LogP contribution in [0, 0.1) is 29.1 Å². The van der Waals surface area contributed by atoms with E-state index < -0.39 is 5.95 Å². The Balaban J connectivity index is 1.26. The van der Waals surface area contributed by atoms with Crippen LogP contribution in [0.15, 0.2) is 42.5 Å². The zero-order valence-electron chi connectivity index (χ0n) is 18.6. The lowest BCUT2D eigenvalue weighted by Crippen LogP contribution is -2.44. The van der Waals surface area contributed by atoms with Gasteiger partial charge in [0.15, 0.2) is 0 Å². The van der Waals surface area contributed by atoms with E-state index in [2.05, 4.69) is 41.5 Å². The number of Topliss-reactive ketones (excluding diaryl/α,β-unsaturated/α-hetero) is 1. The van der Waals surface area contributed by atoms with Crippen molar-refractivity contribution in [2.24, 2.45) is 23.2 Å². The molecule has 1 aromatic carbocycles. The van der Waals surface area contributed by atoms with E-state index in [-0.39, 0.29) is 17.1 Å². The summed E-state index contributed by atoms with van der Waals surface area (Å²) in [6.07, 6.45) is 7.00. The van der Waals surface area contributed by atoms with Gasteiger partial charge in [0.1, 0.15) is 11.6 Å². The Bertz CT molecular complexity index is 1040. The molecule has 3 unspecified atom stereocenters. The lowest BCUT2D eigenvalue weighted by molar-refractivity contribution is -0.129. The van der Waals surface area contributed by atoms with Gasteiger partial charge in [-0.1, -0.05) is 37.3 Å². The fraction of sp³-hybridized carbons (Fsp3) is 0.519. The molecule has 0 bridgehead atoms. The molecule has 5 atom stereocenters. The topological polar surface area (TPSA) is 59.1 Å². The minimum atomic E-state index is -0.604. The zero-order valence-corrected chi connectivity index (χ0v) is 18.6. The number of aromatic nitrogens is 1. The van der Waals surface area contributed by atoms with Gasteiger partial charge in [-0.05, 0) is 85.5 Å². The molecule has 3 aliphatic rings. The molecule has 168 valence electrons. The number of nitrogens with one attached hydrogen (secondary N) is 1. The molecule has 2 aromatic rings. The maximum Gasteiger partial charge on any atom is 0.225 e. The van der Waals surface area contributed by atoms with Gasteiger partial charge in [0.2, 0.25) is 11.9 Å².